The molecule has 134 valence electrons. The number of aliphatic carboxylic acids is 1. The average molecular weight is 342 g/mol. The Morgan fingerprint density at radius 3 is 2.44 bits per heavy atom. The predicted molar refractivity (Wildman–Crippen MR) is 98.0 cm³/mol. The maximum absolute atomic E-state index is 13.2. The third-order valence-electron chi connectivity index (χ3n) is 5.44. The number of fused-ring (bicyclic) bond motifs is 1. The van der Waals surface area contributed by atoms with Crippen LogP contribution in [0.5, 0.6) is 0 Å². The Morgan fingerprint density at radius 1 is 1.20 bits per heavy atom. The topological polar surface area (TPSA) is 62.5 Å². The summed E-state index contributed by atoms with van der Waals surface area (Å²) >= 11 is 0. The molecule has 0 aliphatic carbocycles. The molecule has 0 saturated carbocycles. The van der Waals surface area contributed by atoms with Crippen LogP contribution < -0.4 is 0 Å². The number of amides is 1. The molecule has 3 rings (SSSR count). The van der Waals surface area contributed by atoms with Gasteiger partial charge < -0.3 is 14.6 Å². The van der Waals surface area contributed by atoms with Crippen LogP contribution in [0.4, 0.5) is 0 Å². The molecule has 0 radical (unpaired) electrons. The van der Waals surface area contributed by atoms with Gasteiger partial charge in [-0.05, 0) is 56.4 Å². The first-order chi connectivity index (χ1) is 12.0. The van der Waals surface area contributed by atoms with E-state index in [1.807, 2.05) is 11.8 Å². The number of carboxylic acid groups (broad SMARTS) is 1. The molecule has 0 spiro atoms. The van der Waals surface area contributed by atoms with Crippen molar-refractivity contribution < 1.29 is 14.7 Å². The predicted octanol–water partition coefficient (Wildman–Crippen LogP) is 3.47. The molecule has 2 heterocycles. The Labute approximate surface area is 148 Å². The molecule has 1 N–H and O–H groups in total. The third kappa shape index (κ3) is 3.03. The lowest BCUT2D eigenvalue weighted by Crippen LogP contribution is -2.41. The lowest BCUT2D eigenvalue weighted by Gasteiger charge is -2.30. The first-order valence-electron chi connectivity index (χ1n) is 9.11. The fourth-order valence-electron chi connectivity index (χ4n) is 3.87. The van der Waals surface area contributed by atoms with E-state index in [4.69, 9.17) is 5.11 Å². The fourth-order valence-corrected chi connectivity index (χ4v) is 3.87. The summed E-state index contributed by atoms with van der Waals surface area (Å²) in [5.41, 5.74) is 4.14. The highest BCUT2D eigenvalue weighted by Crippen LogP contribution is 2.29. The van der Waals surface area contributed by atoms with E-state index in [0.29, 0.717) is 25.9 Å². The van der Waals surface area contributed by atoms with Crippen LogP contribution in [0, 0.1) is 12.8 Å². The largest absolute Gasteiger partial charge is 0.481 e. The molecule has 1 saturated heterocycles. The maximum Gasteiger partial charge on any atom is 0.306 e. The number of carbonyl (C=O) groups is 2. The number of rotatable bonds is 4. The maximum atomic E-state index is 13.2. The molecular formula is C20H26N2O3. The Hall–Kier alpha value is -2.30. The highest BCUT2D eigenvalue weighted by Gasteiger charge is 2.30. The van der Waals surface area contributed by atoms with Gasteiger partial charge in [-0.25, -0.2) is 0 Å². The highest BCUT2D eigenvalue weighted by molar-refractivity contribution is 6.02. The lowest BCUT2D eigenvalue weighted by molar-refractivity contribution is -0.143. The fraction of sp³-hybridized carbons (Fsp3) is 0.500. The number of hydrogen-bond acceptors (Lipinski definition) is 2. The van der Waals surface area contributed by atoms with E-state index >= 15 is 0 Å². The van der Waals surface area contributed by atoms with E-state index in [1.54, 1.807) is 0 Å². The van der Waals surface area contributed by atoms with E-state index in [2.05, 4.69) is 36.6 Å². The highest BCUT2D eigenvalue weighted by atomic mass is 16.4. The van der Waals surface area contributed by atoms with E-state index in [9.17, 15) is 9.59 Å². The molecule has 0 bridgehead atoms. The smallest absolute Gasteiger partial charge is 0.306 e. The third-order valence-corrected chi connectivity index (χ3v) is 5.44. The Kier molecular flexibility index (Phi) is 4.84. The number of aromatic nitrogens is 1. The van der Waals surface area contributed by atoms with Crippen molar-refractivity contribution in [1.82, 2.24) is 9.47 Å². The summed E-state index contributed by atoms with van der Waals surface area (Å²) in [5.74, 6) is -1.05. The van der Waals surface area contributed by atoms with Gasteiger partial charge in [0.05, 0.1) is 5.92 Å². The van der Waals surface area contributed by atoms with Gasteiger partial charge in [-0.3, -0.25) is 9.59 Å². The zero-order valence-electron chi connectivity index (χ0n) is 15.2. The SMILES string of the molecule is CCc1ccc2c(c1)c(C)c(C(=O)N1CCC(C(=O)O)CC1)n2CC. The van der Waals surface area contributed by atoms with Crippen LogP contribution in [0.2, 0.25) is 0 Å². The number of carboxylic acids is 1. The summed E-state index contributed by atoms with van der Waals surface area (Å²) in [5, 5.41) is 10.3. The standard InChI is InChI=1S/C20H26N2O3/c1-4-14-6-7-17-16(12-14)13(3)18(22(17)5-2)19(23)21-10-8-15(9-11-21)20(24)25/h6-7,12,15H,4-5,8-11H2,1-3H3,(H,24,25). The van der Waals surface area contributed by atoms with Gasteiger partial charge >= 0.3 is 5.97 Å². The summed E-state index contributed by atoms with van der Waals surface area (Å²) < 4.78 is 2.09. The van der Waals surface area contributed by atoms with Gasteiger partial charge in [0.25, 0.3) is 5.91 Å². The molecule has 2 aromatic rings. The quantitative estimate of drug-likeness (QED) is 0.925. The van der Waals surface area contributed by atoms with E-state index in [1.165, 1.54) is 5.56 Å². The van der Waals surface area contributed by atoms with E-state index in [0.717, 1.165) is 35.1 Å². The minimum Gasteiger partial charge on any atom is -0.481 e. The summed E-state index contributed by atoms with van der Waals surface area (Å²) in [6.45, 7) is 7.97. The average Bonchev–Trinajstić information content (AvgIpc) is 2.92. The molecule has 25 heavy (non-hydrogen) atoms. The molecule has 0 unspecified atom stereocenters. The van der Waals surface area contributed by atoms with Gasteiger partial charge in [-0.2, -0.15) is 0 Å². The van der Waals surface area contributed by atoms with Crippen molar-refractivity contribution in [3.8, 4) is 0 Å². The molecule has 0 atom stereocenters. The Bertz CT molecular complexity index is 814. The molecule has 1 fully saturated rings. The zero-order valence-corrected chi connectivity index (χ0v) is 15.2. The minimum absolute atomic E-state index is 0.0254. The number of piperidine rings is 1. The van der Waals surface area contributed by atoms with Gasteiger partial charge in [-0.15, -0.1) is 0 Å². The molecular weight excluding hydrogens is 316 g/mol. The number of carbonyl (C=O) groups excluding carboxylic acids is 1. The molecule has 1 aliphatic rings. The number of hydrogen-bond donors (Lipinski definition) is 1. The van der Waals surface area contributed by atoms with Crippen LogP contribution >= 0.6 is 0 Å². The molecule has 1 aromatic carbocycles. The van der Waals surface area contributed by atoms with Crippen LogP contribution in [0.1, 0.15) is 48.3 Å². The van der Waals surface area contributed by atoms with Gasteiger partial charge in [0.1, 0.15) is 5.69 Å². The Morgan fingerprint density at radius 2 is 1.88 bits per heavy atom. The normalized spacial score (nSPS) is 15.7. The summed E-state index contributed by atoms with van der Waals surface area (Å²) in [4.78, 5) is 26.1. The van der Waals surface area contributed by atoms with Crippen molar-refractivity contribution in [2.45, 2.75) is 46.6 Å². The van der Waals surface area contributed by atoms with Crippen LogP contribution in [0.15, 0.2) is 18.2 Å². The van der Waals surface area contributed by atoms with Gasteiger partial charge in [-0.1, -0.05) is 13.0 Å². The second-order valence-electron chi connectivity index (χ2n) is 6.83. The van der Waals surface area contributed by atoms with Gasteiger partial charge in [0.2, 0.25) is 0 Å². The number of benzene rings is 1. The minimum atomic E-state index is -0.752. The van der Waals surface area contributed by atoms with E-state index < -0.39 is 5.97 Å². The second kappa shape index (κ2) is 6.90. The Balaban J connectivity index is 1.96. The van der Waals surface area contributed by atoms with Crippen molar-refractivity contribution >= 4 is 22.8 Å². The van der Waals surface area contributed by atoms with Crippen molar-refractivity contribution in [3.63, 3.8) is 0 Å². The van der Waals surface area contributed by atoms with Crippen molar-refractivity contribution in [2.24, 2.45) is 5.92 Å². The first kappa shape index (κ1) is 17.5. The summed E-state index contributed by atoms with van der Waals surface area (Å²) in [6, 6.07) is 6.42. The van der Waals surface area contributed by atoms with E-state index in [-0.39, 0.29) is 11.8 Å². The summed E-state index contributed by atoms with van der Waals surface area (Å²) in [7, 11) is 0. The molecule has 1 aliphatic heterocycles. The van der Waals surface area contributed by atoms with Crippen LogP contribution in [-0.4, -0.2) is 39.5 Å². The number of aryl methyl sites for hydroxylation is 3. The molecule has 1 aromatic heterocycles. The molecule has 1 amide bonds. The number of nitrogens with zero attached hydrogens (tertiary/aromatic N) is 2. The second-order valence-corrected chi connectivity index (χ2v) is 6.83. The number of likely N-dealkylation sites (tertiary alicyclic amines) is 1. The van der Waals surface area contributed by atoms with Crippen LogP contribution in [0.25, 0.3) is 10.9 Å². The van der Waals surface area contributed by atoms with Gasteiger partial charge in [0, 0.05) is 30.5 Å². The first-order valence-corrected chi connectivity index (χ1v) is 9.11. The van der Waals surface area contributed by atoms with Crippen LogP contribution in [-0.2, 0) is 17.8 Å². The van der Waals surface area contributed by atoms with Crippen molar-refractivity contribution in [3.05, 3.63) is 35.0 Å². The zero-order chi connectivity index (χ0) is 18.1. The molecule has 5 nitrogen and oxygen atoms in total. The van der Waals surface area contributed by atoms with Crippen LogP contribution in [0.3, 0.4) is 0 Å². The summed E-state index contributed by atoms with van der Waals surface area (Å²) in [6.07, 6.45) is 2.04. The lowest BCUT2D eigenvalue weighted by atomic mass is 9.97. The molecule has 5 heteroatoms. The monoisotopic (exact) mass is 342 g/mol. The van der Waals surface area contributed by atoms with Gasteiger partial charge in [0.15, 0.2) is 0 Å². The van der Waals surface area contributed by atoms with Crippen molar-refractivity contribution in [2.75, 3.05) is 13.1 Å². The van der Waals surface area contributed by atoms with Crippen molar-refractivity contribution in [1.29, 1.82) is 0 Å².